The van der Waals surface area contributed by atoms with Crippen molar-refractivity contribution in [3.63, 3.8) is 0 Å². The van der Waals surface area contributed by atoms with Gasteiger partial charge in [-0.2, -0.15) is 5.26 Å². The Morgan fingerprint density at radius 2 is 2.25 bits per heavy atom. The molecule has 16 heavy (non-hydrogen) atoms. The van der Waals surface area contributed by atoms with E-state index < -0.39 is 5.97 Å². The summed E-state index contributed by atoms with van der Waals surface area (Å²) in [6.45, 7) is 1.96. The molecular formula is C11H9Cl2NO2. The van der Waals surface area contributed by atoms with Gasteiger partial charge in [-0.05, 0) is 24.6 Å². The fraction of sp³-hybridized carbons (Fsp3) is 0.273. The zero-order valence-corrected chi connectivity index (χ0v) is 10.1. The van der Waals surface area contributed by atoms with Crippen molar-refractivity contribution in [2.45, 2.75) is 12.8 Å². The Morgan fingerprint density at radius 1 is 1.56 bits per heavy atom. The molecule has 0 aromatic heterocycles. The number of rotatable bonds is 3. The van der Waals surface area contributed by atoms with Crippen LogP contribution in [0.25, 0.3) is 0 Å². The molecule has 0 saturated carbocycles. The molecule has 0 aliphatic heterocycles. The highest BCUT2D eigenvalue weighted by molar-refractivity contribution is 6.33. The summed E-state index contributed by atoms with van der Waals surface area (Å²) in [5.41, 5.74) is 1.12. The fourth-order valence-corrected chi connectivity index (χ4v) is 1.68. The summed E-state index contributed by atoms with van der Waals surface area (Å²) in [4.78, 5) is 11.5. The van der Waals surface area contributed by atoms with Gasteiger partial charge in [0.15, 0.2) is 0 Å². The molecule has 0 N–H and O–H groups in total. The van der Waals surface area contributed by atoms with Crippen LogP contribution in [0.3, 0.4) is 0 Å². The number of nitrogens with zero attached hydrogens (tertiary/aromatic N) is 1. The van der Waals surface area contributed by atoms with Crippen molar-refractivity contribution in [2.24, 2.45) is 0 Å². The van der Waals surface area contributed by atoms with E-state index in [1.54, 1.807) is 6.92 Å². The molecule has 3 nitrogen and oxygen atoms in total. The smallest absolute Gasteiger partial charge is 0.339 e. The standard InChI is InChI=1S/C11H9Cl2NO2/c1-2-16-11(15)9-3-8(6-14)7(5-12)4-10(9)13/h3-4H,2,5H2,1H3. The van der Waals surface area contributed by atoms with Gasteiger partial charge in [0.05, 0.1) is 28.8 Å². The maximum Gasteiger partial charge on any atom is 0.339 e. The van der Waals surface area contributed by atoms with Crippen molar-refractivity contribution >= 4 is 29.2 Å². The third-order valence-electron chi connectivity index (χ3n) is 1.95. The Kier molecular flexibility index (Phi) is 4.60. The van der Waals surface area contributed by atoms with Crippen LogP contribution >= 0.6 is 23.2 Å². The lowest BCUT2D eigenvalue weighted by Gasteiger charge is -2.07. The number of hydrogen-bond donors (Lipinski definition) is 0. The minimum Gasteiger partial charge on any atom is -0.462 e. The van der Waals surface area contributed by atoms with Gasteiger partial charge >= 0.3 is 5.97 Å². The molecule has 0 aliphatic rings. The van der Waals surface area contributed by atoms with Crippen molar-refractivity contribution in [3.05, 3.63) is 33.8 Å². The van der Waals surface area contributed by atoms with E-state index in [1.165, 1.54) is 12.1 Å². The second-order valence-corrected chi connectivity index (χ2v) is 3.63. The van der Waals surface area contributed by atoms with Crippen molar-refractivity contribution < 1.29 is 9.53 Å². The zero-order chi connectivity index (χ0) is 12.1. The van der Waals surface area contributed by atoms with Gasteiger partial charge in [-0.15, -0.1) is 11.6 Å². The topological polar surface area (TPSA) is 50.1 Å². The van der Waals surface area contributed by atoms with Crippen LogP contribution in [0.15, 0.2) is 12.1 Å². The largest absolute Gasteiger partial charge is 0.462 e. The number of benzene rings is 1. The van der Waals surface area contributed by atoms with Gasteiger partial charge in [-0.1, -0.05) is 11.6 Å². The normalized spacial score (nSPS) is 9.62. The monoisotopic (exact) mass is 257 g/mol. The van der Waals surface area contributed by atoms with Crippen LogP contribution in [-0.2, 0) is 10.6 Å². The van der Waals surface area contributed by atoms with E-state index in [0.717, 1.165) is 0 Å². The first-order valence-corrected chi connectivity index (χ1v) is 5.50. The Balaban J connectivity index is 3.22. The van der Waals surface area contributed by atoms with Gasteiger partial charge in [0.1, 0.15) is 0 Å². The molecule has 84 valence electrons. The minimum absolute atomic E-state index is 0.172. The number of hydrogen-bond acceptors (Lipinski definition) is 3. The lowest BCUT2D eigenvalue weighted by atomic mass is 10.1. The maximum absolute atomic E-state index is 11.5. The van der Waals surface area contributed by atoms with Crippen LogP contribution < -0.4 is 0 Å². The molecule has 1 aromatic rings. The highest BCUT2D eigenvalue weighted by Gasteiger charge is 2.15. The lowest BCUT2D eigenvalue weighted by molar-refractivity contribution is 0.0526. The predicted octanol–water partition coefficient (Wildman–Crippen LogP) is 3.13. The van der Waals surface area contributed by atoms with Crippen LogP contribution in [0.4, 0.5) is 0 Å². The third kappa shape index (κ3) is 2.66. The second-order valence-electron chi connectivity index (χ2n) is 2.96. The first kappa shape index (κ1) is 12.8. The Bertz CT molecular complexity index is 452. The SMILES string of the molecule is CCOC(=O)c1cc(C#N)c(CCl)cc1Cl. The van der Waals surface area contributed by atoms with Gasteiger partial charge < -0.3 is 4.74 Å². The number of ether oxygens (including phenoxy) is 1. The average molecular weight is 258 g/mol. The molecule has 0 saturated heterocycles. The van der Waals surface area contributed by atoms with Crippen LogP contribution in [0.2, 0.25) is 5.02 Å². The van der Waals surface area contributed by atoms with Gasteiger partial charge in [0.25, 0.3) is 0 Å². The van der Waals surface area contributed by atoms with Gasteiger partial charge in [-0.25, -0.2) is 4.79 Å². The number of carbonyl (C=O) groups excluding carboxylic acids is 1. The molecule has 0 atom stereocenters. The van der Waals surface area contributed by atoms with E-state index in [4.69, 9.17) is 33.2 Å². The summed E-state index contributed by atoms with van der Waals surface area (Å²) in [6.07, 6.45) is 0. The zero-order valence-electron chi connectivity index (χ0n) is 8.59. The Labute approximate surface area is 104 Å². The maximum atomic E-state index is 11.5. The number of carbonyl (C=O) groups is 1. The van der Waals surface area contributed by atoms with Gasteiger partial charge in [0.2, 0.25) is 0 Å². The van der Waals surface area contributed by atoms with Crippen LogP contribution in [-0.4, -0.2) is 12.6 Å². The highest BCUT2D eigenvalue weighted by Crippen LogP contribution is 2.23. The van der Waals surface area contributed by atoms with E-state index in [0.29, 0.717) is 11.1 Å². The highest BCUT2D eigenvalue weighted by atomic mass is 35.5. The number of esters is 1. The number of nitriles is 1. The summed E-state index contributed by atoms with van der Waals surface area (Å²) in [6, 6.07) is 4.87. The number of alkyl halides is 1. The van der Waals surface area contributed by atoms with E-state index in [9.17, 15) is 4.79 Å². The molecule has 0 spiro atoms. The summed E-state index contributed by atoms with van der Waals surface area (Å²) in [7, 11) is 0. The molecule has 1 rings (SSSR count). The molecule has 0 unspecified atom stereocenters. The molecule has 0 heterocycles. The Morgan fingerprint density at radius 3 is 2.75 bits per heavy atom. The molecule has 0 fully saturated rings. The van der Waals surface area contributed by atoms with Gasteiger partial charge in [-0.3, -0.25) is 0 Å². The molecule has 0 aliphatic carbocycles. The van der Waals surface area contributed by atoms with Crippen LogP contribution in [0.5, 0.6) is 0 Å². The van der Waals surface area contributed by atoms with Crippen molar-refractivity contribution in [2.75, 3.05) is 6.61 Å². The summed E-state index contributed by atoms with van der Waals surface area (Å²) in [5.74, 6) is -0.365. The molecular weight excluding hydrogens is 249 g/mol. The molecule has 0 amide bonds. The van der Waals surface area contributed by atoms with E-state index >= 15 is 0 Å². The Hall–Kier alpha value is -1.24. The predicted molar refractivity (Wildman–Crippen MR) is 61.7 cm³/mol. The van der Waals surface area contributed by atoms with Crippen LogP contribution in [0, 0.1) is 11.3 Å². The van der Waals surface area contributed by atoms with Crippen molar-refractivity contribution in [1.29, 1.82) is 5.26 Å². The van der Waals surface area contributed by atoms with Crippen molar-refractivity contribution in [1.82, 2.24) is 0 Å². The molecule has 5 heteroatoms. The summed E-state index contributed by atoms with van der Waals surface area (Å²) >= 11 is 11.5. The fourth-order valence-electron chi connectivity index (χ4n) is 1.19. The minimum atomic E-state index is -0.537. The van der Waals surface area contributed by atoms with E-state index in [-0.39, 0.29) is 23.1 Å². The van der Waals surface area contributed by atoms with E-state index in [2.05, 4.69) is 0 Å². The quantitative estimate of drug-likeness (QED) is 0.618. The third-order valence-corrected chi connectivity index (χ3v) is 2.55. The first-order valence-electron chi connectivity index (χ1n) is 4.59. The van der Waals surface area contributed by atoms with Gasteiger partial charge in [0, 0.05) is 5.88 Å². The average Bonchev–Trinajstić information content (AvgIpc) is 2.28. The lowest BCUT2D eigenvalue weighted by Crippen LogP contribution is -2.06. The summed E-state index contributed by atoms with van der Waals surface area (Å²) in [5, 5.41) is 9.12. The molecule has 1 aromatic carbocycles. The molecule has 0 radical (unpaired) electrons. The second kappa shape index (κ2) is 5.74. The molecule has 0 bridgehead atoms. The summed E-state index contributed by atoms with van der Waals surface area (Å²) < 4.78 is 4.82. The van der Waals surface area contributed by atoms with E-state index in [1.807, 2.05) is 6.07 Å². The van der Waals surface area contributed by atoms with Crippen LogP contribution in [0.1, 0.15) is 28.4 Å². The number of halogens is 2. The van der Waals surface area contributed by atoms with Crippen molar-refractivity contribution in [3.8, 4) is 6.07 Å². The first-order chi connectivity index (χ1) is 7.63.